The van der Waals surface area contributed by atoms with Gasteiger partial charge in [0.15, 0.2) is 0 Å². The summed E-state index contributed by atoms with van der Waals surface area (Å²) in [5.41, 5.74) is 0.779. The summed E-state index contributed by atoms with van der Waals surface area (Å²) in [5.74, 6) is 0. The Kier molecular flexibility index (Phi) is 1.90. The first-order chi connectivity index (χ1) is 6.39. The van der Waals surface area contributed by atoms with E-state index >= 15 is 0 Å². The second kappa shape index (κ2) is 2.98. The lowest BCUT2D eigenvalue weighted by molar-refractivity contribution is 0.0324. The lowest BCUT2D eigenvalue weighted by Crippen LogP contribution is -2.51. The van der Waals surface area contributed by atoms with E-state index < -0.39 is 0 Å². The van der Waals surface area contributed by atoms with E-state index in [2.05, 4.69) is 5.32 Å². The minimum absolute atomic E-state index is 0.779. The van der Waals surface area contributed by atoms with Crippen molar-refractivity contribution in [3.05, 3.63) is 0 Å². The van der Waals surface area contributed by atoms with E-state index in [0.29, 0.717) is 0 Å². The normalized spacial score (nSPS) is 37.4. The molecule has 0 saturated heterocycles. The van der Waals surface area contributed by atoms with Crippen molar-refractivity contribution in [3.8, 4) is 0 Å². The third-order valence-corrected chi connectivity index (χ3v) is 4.52. The Labute approximate surface area is 81.3 Å². The highest BCUT2D eigenvalue weighted by atomic mass is 15.0. The predicted octanol–water partition coefficient (Wildman–Crippen LogP) is 2.85. The molecule has 1 heteroatoms. The van der Waals surface area contributed by atoms with Crippen molar-refractivity contribution < 1.29 is 0 Å². The Balaban J connectivity index is 1.66. The molecule has 0 radical (unpaired) electrons. The minimum atomic E-state index is 0.779. The van der Waals surface area contributed by atoms with Gasteiger partial charge in [-0.3, -0.25) is 0 Å². The van der Waals surface area contributed by atoms with Crippen LogP contribution in [0.5, 0.6) is 0 Å². The van der Waals surface area contributed by atoms with Crippen LogP contribution in [0.3, 0.4) is 0 Å². The van der Waals surface area contributed by atoms with Gasteiger partial charge in [-0.15, -0.1) is 0 Å². The van der Waals surface area contributed by atoms with Gasteiger partial charge >= 0.3 is 0 Å². The monoisotopic (exact) mass is 179 g/mol. The molecule has 0 heterocycles. The Morgan fingerprint density at radius 3 is 2.23 bits per heavy atom. The Morgan fingerprint density at radius 1 is 0.846 bits per heavy atom. The van der Waals surface area contributed by atoms with Crippen LogP contribution in [0.1, 0.15) is 57.8 Å². The van der Waals surface area contributed by atoms with E-state index in [1.165, 1.54) is 57.8 Å². The number of hydrogen-bond acceptors (Lipinski definition) is 1. The molecule has 0 aromatic heterocycles. The largest absolute Gasteiger partial charge is 0.311 e. The van der Waals surface area contributed by atoms with Crippen molar-refractivity contribution in [2.24, 2.45) is 5.41 Å². The average Bonchev–Trinajstić information content (AvgIpc) is 2.86. The van der Waals surface area contributed by atoms with Crippen molar-refractivity contribution in [3.63, 3.8) is 0 Å². The molecule has 3 fully saturated rings. The fourth-order valence-corrected chi connectivity index (χ4v) is 3.33. The summed E-state index contributed by atoms with van der Waals surface area (Å²) in [6.07, 6.45) is 13.4. The van der Waals surface area contributed by atoms with Crippen LogP contribution in [0.15, 0.2) is 0 Å². The van der Waals surface area contributed by atoms with Gasteiger partial charge < -0.3 is 5.32 Å². The van der Waals surface area contributed by atoms with Crippen LogP contribution in [0.4, 0.5) is 0 Å². The Hall–Kier alpha value is -0.0400. The summed E-state index contributed by atoms with van der Waals surface area (Å²) >= 11 is 0. The summed E-state index contributed by atoms with van der Waals surface area (Å²) in [7, 11) is 0. The van der Waals surface area contributed by atoms with Gasteiger partial charge in [-0.25, -0.2) is 0 Å². The maximum atomic E-state index is 3.89. The summed E-state index contributed by atoms with van der Waals surface area (Å²) in [5, 5.41) is 3.89. The van der Waals surface area contributed by atoms with Crippen molar-refractivity contribution in [2.45, 2.75) is 69.9 Å². The molecule has 1 unspecified atom stereocenters. The first kappa shape index (κ1) is 8.28. The van der Waals surface area contributed by atoms with Crippen LogP contribution in [-0.4, -0.2) is 12.1 Å². The molecule has 3 rings (SSSR count). The van der Waals surface area contributed by atoms with Crippen LogP contribution in [0.2, 0.25) is 0 Å². The maximum absolute atomic E-state index is 3.89. The fourth-order valence-electron chi connectivity index (χ4n) is 3.33. The minimum Gasteiger partial charge on any atom is -0.311 e. The number of hydrogen-bond donors (Lipinski definition) is 1. The average molecular weight is 179 g/mol. The quantitative estimate of drug-likeness (QED) is 0.687. The standard InChI is InChI=1S/C12H21N/c1-2-7-12(8-3-9-12)11(4-1)13-10-5-6-10/h10-11,13H,1-9H2. The Bertz CT molecular complexity index is 191. The first-order valence-corrected chi connectivity index (χ1v) is 6.15. The Morgan fingerprint density at radius 2 is 1.62 bits per heavy atom. The van der Waals surface area contributed by atoms with Gasteiger partial charge in [0, 0.05) is 12.1 Å². The molecule has 0 aromatic carbocycles. The van der Waals surface area contributed by atoms with E-state index in [1.54, 1.807) is 0 Å². The summed E-state index contributed by atoms with van der Waals surface area (Å²) in [6.45, 7) is 0. The SMILES string of the molecule is C1CCC2(CCC2)C(NC2CC2)C1. The first-order valence-electron chi connectivity index (χ1n) is 6.15. The van der Waals surface area contributed by atoms with Crippen LogP contribution >= 0.6 is 0 Å². The molecule has 3 aliphatic carbocycles. The van der Waals surface area contributed by atoms with E-state index in [-0.39, 0.29) is 0 Å². The van der Waals surface area contributed by atoms with E-state index in [9.17, 15) is 0 Å². The molecule has 3 aliphatic rings. The van der Waals surface area contributed by atoms with E-state index in [1.807, 2.05) is 0 Å². The van der Waals surface area contributed by atoms with E-state index in [4.69, 9.17) is 0 Å². The molecular weight excluding hydrogens is 158 g/mol. The van der Waals surface area contributed by atoms with Crippen LogP contribution in [-0.2, 0) is 0 Å². The zero-order valence-electron chi connectivity index (χ0n) is 8.52. The molecule has 0 amide bonds. The van der Waals surface area contributed by atoms with Gasteiger partial charge in [0.05, 0.1) is 0 Å². The van der Waals surface area contributed by atoms with Crippen molar-refractivity contribution in [2.75, 3.05) is 0 Å². The molecule has 1 spiro atoms. The zero-order chi connectivity index (χ0) is 8.73. The number of rotatable bonds is 2. The second-order valence-corrected chi connectivity index (χ2v) is 5.46. The van der Waals surface area contributed by atoms with Gasteiger partial charge in [-0.2, -0.15) is 0 Å². The molecule has 3 saturated carbocycles. The smallest absolute Gasteiger partial charge is 0.0126 e. The molecule has 1 nitrogen and oxygen atoms in total. The summed E-state index contributed by atoms with van der Waals surface area (Å²) < 4.78 is 0. The second-order valence-electron chi connectivity index (χ2n) is 5.46. The molecular formula is C12H21N. The fraction of sp³-hybridized carbons (Fsp3) is 1.00. The molecule has 74 valence electrons. The molecule has 13 heavy (non-hydrogen) atoms. The lowest BCUT2D eigenvalue weighted by atomic mass is 9.58. The summed E-state index contributed by atoms with van der Waals surface area (Å²) in [4.78, 5) is 0. The van der Waals surface area contributed by atoms with Crippen molar-refractivity contribution in [1.82, 2.24) is 5.32 Å². The molecule has 1 N–H and O–H groups in total. The van der Waals surface area contributed by atoms with Crippen LogP contribution in [0.25, 0.3) is 0 Å². The van der Waals surface area contributed by atoms with Crippen LogP contribution < -0.4 is 5.32 Å². The molecule has 0 bridgehead atoms. The van der Waals surface area contributed by atoms with Gasteiger partial charge in [0.1, 0.15) is 0 Å². The molecule has 1 atom stereocenters. The molecule has 0 aliphatic heterocycles. The van der Waals surface area contributed by atoms with E-state index in [0.717, 1.165) is 17.5 Å². The van der Waals surface area contributed by atoms with Crippen LogP contribution in [0, 0.1) is 5.41 Å². The highest BCUT2D eigenvalue weighted by Gasteiger charge is 2.46. The maximum Gasteiger partial charge on any atom is 0.0126 e. The van der Waals surface area contributed by atoms with Gasteiger partial charge in [-0.05, 0) is 43.9 Å². The number of nitrogens with one attached hydrogen (secondary N) is 1. The highest BCUT2D eigenvalue weighted by Crippen LogP contribution is 2.52. The topological polar surface area (TPSA) is 12.0 Å². The van der Waals surface area contributed by atoms with Gasteiger partial charge in [-0.1, -0.05) is 19.3 Å². The zero-order valence-corrected chi connectivity index (χ0v) is 8.52. The van der Waals surface area contributed by atoms with Crippen molar-refractivity contribution in [1.29, 1.82) is 0 Å². The van der Waals surface area contributed by atoms with Gasteiger partial charge in [0.25, 0.3) is 0 Å². The van der Waals surface area contributed by atoms with Gasteiger partial charge in [0.2, 0.25) is 0 Å². The third kappa shape index (κ3) is 1.41. The summed E-state index contributed by atoms with van der Waals surface area (Å²) in [6, 6.07) is 1.82. The highest BCUT2D eigenvalue weighted by molar-refractivity contribution is 5.01. The van der Waals surface area contributed by atoms with Crippen molar-refractivity contribution >= 4 is 0 Å². The lowest BCUT2D eigenvalue weighted by Gasteiger charge is -2.51. The predicted molar refractivity (Wildman–Crippen MR) is 54.7 cm³/mol. The third-order valence-electron chi connectivity index (χ3n) is 4.52. The molecule has 0 aromatic rings.